The van der Waals surface area contributed by atoms with Crippen LogP contribution in [0.3, 0.4) is 0 Å². The van der Waals surface area contributed by atoms with Gasteiger partial charge in [-0.05, 0) is 117 Å². The van der Waals surface area contributed by atoms with Crippen molar-refractivity contribution in [2.24, 2.45) is 0 Å². The fourth-order valence-electron chi connectivity index (χ4n) is 9.66. The number of unbranched alkanes of at least 4 members (excludes halogenated alkanes) is 26. The van der Waals surface area contributed by atoms with Crippen LogP contribution in [0.25, 0.3) is 16.9 Å². The van der Waals surface area contributed by atoms with Gasteiger partial charge in [-0.3, -0.25) is 0 Å². The Bertz CT molecular complexity index is 1600. The maximum atomic E-state index is 12.8. The Morgan fingerprint density at radius 3 is 1.08 bits per heavy atom. The lowest BCUT2D eigenvalue weighted by molar-refractivity contribution is -0.345. The van der Waals surface area contributed by atoms with E-state index in [1.54, 1.807) is 4.70 Å². The largest absolute Gasteiger partial charge is 0.493 e. The van der Waals surface area contributed by atoms with Gasteiger partial charge < -0.3 is 5.53 Å². The standard InChI is InChI=1S/C61H98N2/c1-7-13-19-22-23-24-25-26-27-28-29-30-31-32-33-34-35-39-45-59-58(44-36-16-10-4)60(56-48-52(40-17-11-5)46-53(49-56)41-18-12-6)63(62)61(59)57-50-54(42-37-20-14-8-2)47-55(51-57)43-38-21-15-9-3/h46-51H,7-38,40-44H2,1-6H3. The summed E-state index contributed by atoms with van der Waals surface area (Å²) in [6, 6.07) is 14.6. The minimum Gasteiger partial charge on any atom is -0.493 e. The van der Waals surface area contributed by atoms with Gasteiger partial charge in [0, 0.05) is 23.1 Å². The molecule has 0 saturated heterocycles. The van der Waals surface area contributed by atoms with Crippen LogP contribution in [-0.4, -0.2) is 4.70 Å². The molecule has 1 heterocycles. The SMILES string of the molecule is CCCCCCCCCCCCCCCCCCC#CC1=C(c2cc(CCCCCC)cc(CCCCCC)c2)[N+](=[N-])C(c2cc(CCCC)cc(CCCC)c2)=C1CCCCC. The zero-order valence-electron chi connectivity index (χ0n) is 42.5. The molecule has 2 aromatic carbocycles. The number of hydrogen-bond donors (Lipinski definition) is 0. The minimum absolute atomic E-state index is 0.923. The van der Waals surface area contributed by atoms with E-state index in [9.17, 15) is 5.53 Å². The summed E-state index contributed by atoms with van der Waals surface area (Å²) in [5, 5.41) is 0. The second-order valence-corrected chi connectivity index (χ2v) is 19.6. The Kier molecular flexibility index (Phi) is 30.5. The van der Waals surface area contributed by atoms with Gasteiger partial charge in [-0.25, -0.2) is 4.70 Å². The van der Waals surface area contributed by atoms with Crippen molar-refractivity contribution in [3.8, 4) is 11.8 Å². The molecule has 0 aromatic heterocycles. The van der Waals surface area contributed by atoms with Gasteiger partial charge in [0.1, 0.15) is 5.57 Å². The van der Waals surface area contributed by atoms with Crippen molar-refractivity contribution in [2.45, 2.75) is 279 Å². The summed E-state index contributed by atoms with van der Waals surface area (Å²) in [5.41, 5.74) is 25.0. The first kappa shape index (κ1) is 54.4. The molecule has 0 unspecified atom stereocenters. The molecule has 0 amide bonds. The minimum atomic E-state index is 0.923. The van der Waals surface area contributed by atoms with Gasteiger partial charge in [0.25, 0.3) is 0 Å². The monoisotopic (exact) mass is 859 g/mol. The smallest absolute Gasteiger partial charge is 0.223 e. The molecule has 2 nitrogen and oxygen atoms in total. The van der Waals surface area contributed by atoms with E-state index in [1.807, 2.05) is 0 Å². The molecule has 0 saturated carbocycles. The summed E-state index contributed by atoms with van der Waals surface area (Å²) in [6.07, 6.45) is 46.7. The maximum absolute atomic E-state index is 12.8. The molecule has 2 aromatic rings. The Hall–Kier alpha value is -2.92. The van der Waals surface area contributed by atoms with Gasteiger partial charge in [0.05, 0.1) is 0 Å². The molecule has 3 rings (SSSR count). The zero-order chi connectivity index (χ0) is 45.2. The molecule has 0 fully saturated rings. The zero-order valence-corrected chi connectivity index (χ0v) is 42.5. The first-order valence-electron chi connectivity index (χ1n) is 27.7. The maximum Gasteiger partial charge on any atom is 0.223 e. The fraction of sp³-hybridized carbons (Fsp3) is 0.705. The highest BCUT2D eigenvalue weighted by Crippen LogP contribution is 2.43. The third-order valence-electron chi connectivity index (χ3n) is 13.6. The van der Waals surface area contributed by atoms with E-state index in [-0.39, 0.29) is 0 Å². The molecule has 63 heavy (non-hydrogen) atoms. The molecular weight excluding hydrogens is 761 g/mol. The number of nitrogens with zero attached hydrogens (tertiary/aromatic N) is 2. The van der Waals surface area contributed by atoms with Crippen molar-refractivity contribution < 1.29 is 4.70 Å². The summed E-state index contributed by atoms with van der Waals surface area (Å²) in [6.45, 7) is 13.8. The lowest BCUT2D eigenvalue weighted by Crippen LogP contribution is -2.05. The van der Waals surface area contributed by atoms with Crippen molar-refractivity contribution in [3.63, 3.8) is 0 Å². The van der Waals surface area contributed by atoms with Gasteiger partial charge >= 0.3 is 0 Å². The average molecular weight is 859 g/mol. The molecule has 0 spiro atoms. The number of aryl methyl sites for hydroxylation is 4. The van der Waals surface area contributed by atoms with Crippen molar-refractivity contribution in [3.05, 3.63) is 86.5 Å². The van der Waals surface area contributed by atoms with Crippen molar-refractivity contribution in [1.82, 2.24) is 0 Å². The molecule has 1 aliphatic rings. The van der Waals surface area contributed by atoms with Gasteiger partial charge in [-0.1, -0.05) is 226 Å². The normalized spacial score (nSPS) is 12.8. The van der Waals surface area contributed by atoms with Crippen LogP contribution in [0.4, 0.5) is 0 Å². The van der Waals surface area contributed by atoms with E-state index in [2.05, 4.69) is 89.8 Å². The summed E-state index contributed by atoms with van der Waals surface area (Å²) in [7, 11) is 0. The first-order valence-corrected chi connectivity index (χ1v) is 27.7. The predicted molar refractivity (Wildman–Crippen MR) is 279 cm³/mol. The second kappa shape index (κ2) is 35.4. The number of benzene rings is 2. The Morgan fingerprint density at radius 2 is 0.667 bits per heavy atom. The van der Waals surface area contributed by atoms with Crippen LogP contribution < -0.4 is 0 Å². The van der Waals surface area contributed by atoms with E-state index in [4.69, 9.17) is 0 Å². The molecule has 1 aliphatic heterocycles. The van der Waals surface area contributed by atoms with Crippen LogP contribution >= 0.6 is 0 Å². The van der Waals surface area contributed by atoms with Crippen molar-refractivity contribution >= 4 is 11.4 Å². The third kappa shape index (κ3) is 21.7. The molecular formula is C61H98N2. The van der Waals surface area contributed by atoms with E-state index in [0.717, 1.165) is 73.9 Å². The van der Waals surface area contributed by atoms with Crippen molar-refractivity contribution in [2.75, 3.05) is 0 Å². The van der Waals surface area contributed by atoms with Gasteiger partial charge in [0.2, 0.25) is 11.4 Å². The van der Waals surface area contributed by atoms with Crippen LogP contribution in [0.2, 0.25) is 0 Å². The molecule has 352 valence electrons. The van der Waals surface area contributed by atoms with E-state index >= 15 is 0 Å². The topological polar surface area (TPSA) is 25.3 Å². The van der Waals surface area contributed by atoms with Gasteiger partial charge in [-0.2, -0.15) is 0 Å². The summed E-state index contributed by atoms with van der Waals surface area (Å²) in [4.78, 5) is 0. The van der Waals surface area contributed by atoms with Crippen LogP contribution in [0.5, 0.6) is 0 Å². The van der Waals surface area contributed by atoms with E-state index in [0.29, 0.717) is 0 Å². The predicted octanol–water partition coefficient (Wildman–Crippen LogP) is 20.0. The summed E-state index contributed by atoms with van der Waals surface area (Å²) in [5.74, 6) is 7.53. The highest BCUT2D eigenvalue weighted by Gasteiger charge is 2.35. The Balaban J connectivity index is 1.90. The summed E-state index contributed by atoms with van der Waals surface area (Å²) < 4.78 is 1.61. The summed E-state index contributed by atoms with van der Waals surface area (Å²) >= 11 is 0. The fourth-order valence-corrected chi connectivity index (χ4v) is 9.66. The van der Waals surface area contributed by atoms with Crippen molar-refractivity contribution in [1.29, 1.82) is 0 Å². The van der Waals surface area contributed by atoms with Gasteiger partial charge in [-0.15, -0.1) is 0 Å². The van der Waals surface area contributed by atoms with Crippen LogP contribution in [0.15, 0.2) is 47.5 Å². The quantitative estimate of drug-likeness (QED) is 0.0365. The van der Waals surface area contributed by atoms with E-state index in [1.165, 1.54) is 220 Å². The third-order valence-corrected chi connectivity index (χ3v) is 13.6. The first-order chi connectivity index (χ1) is 31.0. The van der Waals surface area contributed by atoms with Gasteiger partial charge in [0.15, 0.2) is 0 Å². The average Bonchev–Trinajstić information content (AvgIpc) is 3.57. The molecule has 0 radical (unpaired) electrons. The molecule has 0 atom stereocenters. The highest BCUT2D eigenvalue weighted by atomic mass is 15.2. The Morgan fingerprint density at radius 1 is 0.349 bits per heavy atom. The van der Waals surface area contributed by atoms with Crippen LogP contribution in [0, 0.1) is 11.8 Å². The molecule has 0 N–H and O–H groups in total. The number of allylic oxidation sites excluding steroid dienone is 2. The molecule has 0 bridgehead atoms. The lowest BCUT2D eigenvalue weighted by atomic mass is 9.92. The number of hydrogen-bond acceptors (Lipinski definition) is 0. The lowest BCUT2D eigenvalue weighted by Gasteiger charge is -2.14. The second-order valence-electron chi connectivity index (χ2n) is 19.6. The molecule has 2 heteroatoms. The Labute approximate surface area is 391 Å². The number of rotatable bonds is 38. The molecule has 0 aliphatic carbocycles. The highest BCUT2D eigenvalue weighted by molar-refractivity contribution is 5.86. The van der Waals surface area contributed by atoms with E-state index < -0.39 is 0 Å². The van der Waals surface area contributed by atoms with Crippen LogP contribution in [-0.2, 0) is 25.7 Å². The van der Waals surface area contributed by atoms with Crippen LogP contribution in [0.1, 0.15) is 287 Å².